The first-order chi connectivity index (χ1) is 9.06. The lowest BCUT2D eigenvalue weighted by Crippen LogP contribution is -2.24. The fourth-order valence-corrected chi connectivity index (χ4v) is 3.05. The number of sulfonamides is 1. The van der Waals surface area contributed by atoms with Gasteiger partial charge in [0.15, 0.2) is 0 Å². The molecule has 106 valence electrons. The van der Waals surface area contributed by atoms with Crippen molar-refractivity contribution in [3.63, 3.8) is 0 Å². The molecule has 1 aromatic rings. The van der Waals surface area contributed by atoms with Crippen molar-refractivity contribution in [1.29, 1.82) is 0 Å². The summed E-state index contributed by atoms with van der Waals surface area (Å²) in [6.07, 6.45) is 2.45. The van der Waals surface area contributed by atoms with E-state index in [1.165, 1.54) is 20.0 Å². The van der Waals surface area contributed by atoms with Crippen molar-refractivity contribution in [2.75, 3.05) is 13.7 Å². The molecule has 1 aliphatic rings. The lowest BCUT2D eigenvalue weighted by Gasteiger charge is -2.12. The van der Waals surface area contributed by atoms with E-state index in [4.69, 9.17) is 4.74 Å². The molecule has 0 aliphatic heterocycles. The van der Waals surface area contributed by atoms with E-state index in [0.717, 1.165) is 12.1 Å². The lowest BCUT2D eigenvalue weighted by molar-refractivity contribution is 0.401. The summed E-state index contributed by atoms with van der Waals surface area (Å²) in [6.45, 7) is 2.84. The van der Waals surface area contributed by atoms with E-state index in [1.54, 1.807) is 19.1 Å². The van der Waals surface area contributed by atoms with Crippen molar-refractivity contribution in [1.82, 2.24) is 10.0 Å². The molecule has 0 bridgehead atoms. The first kappa shape index (κ1) is 14.3. The molecule has 5 nitrogen and oxygen atoms in total. The fourth-order valence-electron chi connectivity index (χ4n) is 1.86. The van der Waals surface area contributed by atoms with E-state index in [0.29, 0.717) is 18.3 Å². The Morgan fingerprint density at radius 1 is 1.37 bits per heavy atom. The molecule has 6 heteroatoms. The number of hydrogen-bond donors (Lipinski definition) is 2. The van der Waals surface area contributed by atoms with E-state index >= 15 is 0 Å². The number of ether oxygens (including phenoxy) is 1. The molecule has 0 radical (unpaired) electrons. The smallest absolute Gasteiger partial charge is 0.244 e. The van der Waals surface area contributed by atoms with Gasteiger partial charge in [-0.1, -0.05) is 13.0 Å². The van der Waals surface area contributed by atoms with Crippen LogP contribution < -0.4 is 14.8 Å². The zero-order chi connectivity index (χ0) is 13.9. The van der Waals surface area contributed by atoms with Gasteiger partial charge in [-0.2, -0.15) is 0 Å². The standard InChI is InChI=1S/C13H20N2O3S/c1-3-15-19(16,17)13-7-4-10(8-12(13)18-2)9-14-11-5-6-11/h4,7-8,11,14-15H,3,5-6,9H2,1-2H3. The van der Waals surface area contributed by atoms with Crippen LogP contribution in [-0.2, 0) is 16.6 Å². The molecule has 2 rings (SSSR count). The minimum atomic E-state index is -3.48. The third-order valence-electron chi connectivity index (χ3n) is 3.02. The molecular weight excluding hydrogens is 264 g/mol. The Labute approximate surface area is 114 Å². The normalized spacial score (nSPS) is 15.5. The lowest BCUT2D eigenvalue weighted by atomic mass is 10.2. The van der Waals surface area contributed by atoms with Gasteiger partial charge < -0.3 is 10.1 Å². The van der Waals surface area contributed by atoms with Gasteiger partial charge in [-0.15, -0.1) is 0 Å². The monoisotopic (exact) mass is 284 g/mol. The van der Waals surface area contributed by atoms with Gasteiger partial charge in [0.2, 0.25) is 10.0 Å². The quantitative estimate of drug-likeness (QED) is 0.790. The summed E-state index contributed by atoms with van der Waals surface area (Å²) >= 11 is 0. The van der Waals surface area contributed by atoms with Crippen LogP contribution in [0, 0.1) is 0 Å². The Bertz CT molecular complexity index is 539. The van der Waals surface area contributed by atoms with Gasteiger partial charge in [0.1, 0.15) is 10.6 Å². The summed E-state index contributed by atoms with van der Waals surface area (Å²) in [4.78, 5) is 0.187. The highest BCUT2D eigenvalue weighted by Crippen LogP contribution is 2.25. The highest BCUT2D eigenvalue weighted by Gasteiger charge is 2.21. The Morgan fingerprint density at radius 2 is 2.11 bits per heavy atom. The summed E-state index contributed by atoms with van der Waals surface area (Å²) in [5.74, 6) is 0.385. The molecule has 0 spiro atoms. The van der Waals surface area contributed by atoms with Crippen LogP contribution in [0.1, 0.15) is 25.3 Å². The van der Waals surface area contributed by atoms with Gasteiger partial charge in [-0.05, 0) is 30.5 Å². The van der Waals surface area contributed by atoms with Gasteiger partial charge in [-0.3, -0.25) is 0 Å². The van der Waals surface area contributed by atoms with Gasteiger partial charge in [-0.25, -0.2) is 13.1 Å². The van der Waals surface area contributed by atoms with Gasteiger partial charge >= 0.3 is 0 Å². The Hall–Kier alpha value is -1.11. The molecular formula is C13H20N2O3S. The molecule has 0 atom stereocenters. The Balaban J connectivity index is 2.19. The van der Waals surface area contributed by atoms with E-state index in [9.17, 15) is 8.42 Å². The molecule has 19 heavy (non-hydrogen) atoms. The molecule has 0 aromatic heterocycles. The molecule has 1 aromatic carbocycles. The zero-order valence-corrected chi connectivity index (χ0v) is 12.1. The van der Waals surface area contributed by atoms with Crippen LogP contribution in [0.3, 0.4) is 0 Å². The van der Waals surface area contributed by atoms with Crippen LogP contribution in [0.4, 0.5) is 0 Å². The van der Waals surface area contributed by atoms with E-state index in [-0.39, 0.29) is 4.90 Å². The molecule has 0 saturated heterocycles. The van der Waals surface area contributed by atoms with E-state index < -0.39 is 10.0 Å². The SMILES string of the molecule is CCNS(=O)(=O)c1ccc(CNC2CC2)cc1OC. The number of hydrogen-bond acceptors (Lipinski definition) is 4. The molecule has 1 saturated carbocycles. The van der Waals surface area contributed by atoms with Crippen molar-refractivity contribution in [2.24, 2.45) is 0 Å². The van der Waals surface area contributed by atoms with Crippen molar-refractivity contribution in [3.8, 4) is 5.75 Å². The van der Waals surface area contributed by atoms with Crippen LogP contribution in [0.25, 0.3) is 0 Å². The number of nitrogens with one attached hydrogen (secondary N) is 2. The number of methoxy groups -OCH3 is 1. The second kappa shape index (κ2) is 5.90. The molecule has 1 aliphatic carbocycles. The van der Waals surface area contributed by atoms with Crippen LogP contribution in [-0.4, -0.2) is 28.1 Å². The van der Waals surface area contributed by atoms with E-state index in [1.807, 2.05) is 6.07 Å². The summed E-state index contributed by atoms with van der Waals surface area (Å²) in [6, 6.07) is 5.82. The summed E-state index contributed by atoms with van der Waals surface area (Å²) in [5, 5.41) is 3.39. The van der Waals surface area contributed by atoms with Gasteiger partial charge in [0.05, 0.1) is 7.11 Å². The molecule has 1 fully saturated rings. The molecule has 0 unspecified atom stereocenters. The van der Waals surface area contributed by atoms with Crippen molar-refractivity contribution in [3.05, 3.63) is 23.8 Å². The van der Waals surface area contributed by atoms with E-state index in [2.05, 4.69) is 10.0 Å². The average molecular weight is 284 g/mol. The Morgan fingerprint density at radius 3 is 2.68 bits per heavy atom. The molecule has 2 N–H and O–H groups in total. The third-order valence-corrected chi connectivity index (χ3v) is 4.61. The van der Waals surface area contributed by atoms with Crippen LogP contribution in [0.5, 0.6) is 5.75 Å². The fraction of sp³-hybridized carbons (Fsp3) is 0.538. The van der Waals surface area contributed by atoms with Crippen molar-refractivity contribution < 1.29 is 13.2 Å². The van der Waals surface area contributed by atoms with Crippen LogP contribution in [0.15, 0.2) is 23.1 Å². The van der Waals surface area contributed by atoms with Crippen LogP contribution in [0.2, 0.25) is 0 Å². The molecule has 0 heterocycles. The third kappa shape index (κ3) is 3.68. The van der Waals surface area contributed by atoms with Crippen molar-refractivity contribution in [2.45, 2.75) is 37.2 Å². The predicted octanol–water partition coefficient (Wildman–Crippen LogP) is 1.25. The summed E-state index contributed by atoms with van der Waals surface area (Å²) < 4.78 is 31.6. The first-order valence-electron chi connectivity index (χ1n) is 6.46. The Kier molecular flexibility index (Phi) is 4.44. The minimum absolute atomic E-state index is 0.187. The second-order valence-electron chi connectivity index (χ2n) is 4.64. The average Bonchev–Trinajstić information content (AvgIpc) is 3.20. The van der Waals surface area contributed by atoms with Crippen molar-refractivity contribution >= 4 is 10.0 Å². The maximum absolute atomic E-state index is 12.0. The predicted molar refractivity (Wildman–Crippen MR) is 73.7 cm³/mol. The maximum Gasteiger partial charge on any atom is 0.244 e. The summed E-state index contributed by atoms with van der Waals surface area (Å²) in [7, 11) is -2.00. The zero-order valence-electron chi connectivity index (χ0n) is 11.3. The molecule has 0 amide bonds. The minimum Gasteiger partial charge on any atom is -0.495 e. The first-order valence-corrected chi connectivity index (χ1v) is 7.95. The highest BCUT2D eigenvalue weighted by atomic mass is 32.2. The second-order valence-corrected chi connectivity index (χ2v) is 6.38. The highest BCUT2D eigenvalue weighted by molar-refractivity contribution is 7.89. The topological polar surface area (TPSA) is 67.4 Å². The largest absolute Gasteiger partial charge is 0.495 e. The number of benzene rings is 1. The maximum atomic E-state index is 12.0. The van der Waals surface area contributed by atoms with Crippen LogP contribution >= 0.6 is 0 Å². The van der Waals surface area contributed by atoms with Gasteiger partial charge in [0.25, 0.3) is 0 Å². The number of rotatable bonds is 7. The summed E-state index contributed by atoms with van der Waals surface area (Å²) in [5.41, 5.74) is 1.03. The van der Waals surface area contributed by atoms with Gasteiger partial charge in [0, 0.05) is 19.1 Å².